The molecule has 3 rings (SSSR count). The molecule has 3 aromatic rings. The molecule has 1 amide bonds. The van der Waals surface area contributed by atoms with E-state index in [1.165, 1.54) is 30.3 Å². The first kappa shape index (κ1) is 23.4. The van der Waals surface area contributed by atoms with Gasteiger partial charge < -0.3 is 10.6 Å². The molecule has 9 heteroatoms. The van der Waals surface area contributed by atoms with Gasteiger partial charge in [-0.05, 0) is 29.8 Å². The van der Waals surface area contributed by atoms with E-state index in [0.29, 0.717) is 11.3 Å². The number of amides is 1. The van der Waals surface area contributed by atoms with Crippen LogP contribution < -0.4 is 10.6 Å². The molecule has 0 aliphatic carbocycles. The molecule has 0 saturated heterocycles. The summed E-state index contributed by atoms with van der Waals surface area (Å²) in [4.78, 5) is 12.3. The monoisotopic (exact) mass is 477 g/mol. The molecule has 3 N–H and O–H groups in total. The Bertz CT molecular complexity index is 1180. The van der Waals surface area contributed by atoms with E-state index in [2.05, 4.69) is 10.6 Å². The molecule has 0 spiro atoms. The molecular weight excluding hydrogens is 462 g/mol. The van der Waals surface area contributed by atoms with Crippen molar-refractivity contribution >= 4 is 52.4 Å². The van der Waals surface area contributed by atoms with Crippen LogP contribution >= 0.6 is 23.2 Å². The molecule has 0 fully saturated rings. The second-order valence-electron chi connectivity index (χ2n) is 6.59. The maximum Gasteiger partial charge on any atom is 0.416 e. The Labute approximate surface area is 192 Å². The largest absolute Gasteiger partial charge is 0.416 e. The summed E-state index contributed by atoms with van der Waals surface area (Å²) in [5.74, 6) is -0.597. The fourth-order valence-corrected chi connectivity index (χ4v) is 3.19. The van der Waals surface area contributed by atoms with Crippen LogP contribution in [0.1, 0.15) is 16.7 Å². The van der Waals surface area contributed by atoms with Gasteiger partial charge >= 0.3 is 6.18 Å². The van der Waals surface area contributed by atoms with Crippen molar-refractivity contribution in [1.29, 1.82) is 5.41 Å². The first-order valence-corrected chi connectivity index (χ1v) is 9.96. The fraction of sp³-hybridized carbons (Fsp3) is 0.0435. The highest BCUT2D eigenvalue weighted by atomic mass is 35.5. The van der Waals surface area contributed by atoms with Gasteiger partial charge in [-0.25, -0.2) is 0 Å². The van der Waals surface area contributed by atoms with Crippen molar-refractivity contribution < 1.29 is 18.0 Å². The van der Waals surface area contributed by atoms with Gasteiger partial charge in [-0.1, -0.05) is 71.7 Å². The third kappa shape index (κ3) is 5.90. The Morgan fingerprint density at radius 3 is 2.28 bits per heavy atom. The second kappa shape index (κ2) is 9.89. The van der Waals surface area contributed by atoms with Gasteiger partial charge in [-0.2, -0.15) is 13.2 Å². The predicted octanol–water partition coefficient (Wildman–Crippen LogP) is 7.10. The molecule has 0 saturated carbocycles. The zero-order valence-electron chi connectivity index (χ0n) is 16.3. The van der Waals surface area contributed by atoms with Crippen LogP contribution in [0.25, 0.3) is 6.08 Å². The molecule has 4 nitrogen and oxygen atoms in total. The summed E-state index contributed by atoms with van der Waals surface area (Å²) in [5, 5.41) is 13.7. The van der Waals surface area contributed by atoms with Gasteiger partial charge in [0.05, 0.1) is 21.3 Å². The number of carbonyl (C=O) groups excluding carboxylic acids is 1. The molecule has 0 aliphatic rings. The number of nitrogens with one attached hydrogen (secondary N) is 3. The summed E-state index contributed by atoms with van der Waals surface area (Å²) < 4.78 is 39.3. The molecule has 3 aromatic carbocycles. The molecule has 0 aromatic heterocycles. The first-order valence-electron chi connectivity index (χ1n) is 9.20. The number of hydrogen-bond donors (Lipinski definition) is 3. The molecule has 0 atom stereocenters. The molecular formula is C23H16Cl2F3N3O. The minimum Gasteiger partial charge on any atom is -0.340 e. The zero-order valence-corrected chi connectivity index (χ0v) is 17.8. The lowest BCUT2D eigenvalue weighted by atomic mass is 10.1. The lowest BCUT2D eigenvalue weighted by Crippen LogP contribution is -2.13. The molecule has 0 unspecified atom stereocenters. The van der Waals surface area contributed by atoms with Crippen LogP contribution in [0.15, 0.2) is 72.8 Å². The van der Waals surface area contributed by atoms with Crippen LogP contribution in [-0.4, -0.2) is 11.7 Å². The van der Waals surface area contributed by atoms with Crippen molar-refractivity contribution in [1.82, 2.24) is 0 Å². The van der Waals surface area contributed by atoms with Crippen LogP contribution in [0.3, 0.4) is 0 Å². The summed E-state index contributed by atoms with van der Waals surface area (Å²) in [5.41, 5.74) is 0.174. The number of benzene rings is 3. The smallest absolute Gasteiger partial charge is 0.340 e. The highest BCUT2D eigenvalue weighted by Gasteiger charge is 2.32. The number of carbonyl (C=O) groups is 1. The third-order valence-corrected chi connectivity index (χ3v) is 5.10. The third-order valence-electron chi connectivity index (χ3n) is 4.30. The first-order chi connectivity index (χ1) is 15.1. The van der Waals surface area contributed by atoms with Crippen molar-refractivity contribution in [3.05, 3.63) is 99.5 Å². The maximum absolute atomic E-state index is 13.1. The van der Waals surface area contributed by atoms with Crippen LogP contribution in [-0.2, 0) is 11.0 Å². The number of alkyl halides is 3. The van der Waals surface area contributed by atoms with Gasteiger partial charge in [0.15, 0.2) is 0 Å². The molecule has 0 heterocycles. The molecule has 0 bridgehead atoms. The summed E-state index contributed by atoms with van der Waals surface area (Å²) in [6, 6.07) is 16.8. The standard InChI is InChI=1S/C23H16Cl2F3N3O/c24-18-12-16(30-22(29)15-7-2-1-3-8-15)13-19(21(18)25)31-20(32)11-10-14-6-4-5-9-17(14)23(26,27)28/h1-13H,(H2,29,30)(H,31,32)/b11-10+. The second-order valence-corrected chi connectivity index (χ2v) is 7.38. The topological polar surface area (TPSA) is 65.0 Å². The van der Waals surface area contributed by atoms with Crippen LogP contribution in [0, 0.1) is 5.41 Å². The Morgan fingerprint density at radius 2 is 1.59 bits per heavy atom. The summed E-state index contributed by atoms with van der Waals surface area (Å²) in [6.45, 7) is 0. The number of anilines is 2. The lowest BCUT2D eigenvalue weighted by Gasteiger charge is -2.13. The van der Waals surface area contributed by atoms with E-state index in [4.69, 9.17) is 28.6 Å². The maximum atomic E-state index is 13.1. The average Bonchev–Trinajstić information content (AvgIpc) is 2.76. The highest BCUT2D eigenvalue weighted by molar-refractivity contribution is 6.44. The number of hydrogen-bond acceptors (Lipinski definition) is 2. The van der Waals surface area contributed by atoms with Crippen molar-refractivity contribution in [3.63, 3.8) is 0 Å². The minimum atomic E-state index is -4.54. The van der Waals surface area contributed by atoms with E-state index in [-0.39, 0.29) is 27.1 Å². The Hall–Kier alpha value is -3.29. The van der Waals surface area contributed by atoms with Crippen molar-refractivity contribution in [2.45, 2.75) is 6.18 Å². The van der Waals surface area contributed by atoms with Crippen LogP contribution in [0.2, 0.25) is 10.0 Å². The molecule has 0 radical (unpaired) electrons. The van der Waals surface area contributed by atoms with Gasteiger partial charge in [-0.3, -0.25) is 10.2 Å². The quantitative estimate of drug-likeness (QED) is 0.208. The van der Waals surface area contributed by atoms with Crippen molar-refractivity contribution in [2.24, 2.45) is 0 Å². The fourth-order valence-electron chi connectivity index (χ4n) is 2.81. The van der Waals surface area contributed by atoms with E-state index in [0.717, 1.165) is 18.2 Å². The molecule has 0 aliphatic heterocycles. The van der Waals surface area contributed by atoms with Gasteiger partial charge in [0.1, 0.15) is 5.84 Å². The van der Waals surface area contributed by atoms with Crippen molar-refractivity contribution in [2.75, 3.05) is 10.6 Å². The van der Waals surface area contributed by atoms with Gasteiger partial charge in [0, 0.05) is 17.3 Å². The lowest BCUT2D eigenvalue weighted by molar-refractivity contribution is -0.137. The Balaban J connectivity index is 1.78. The molecule has 164 valence electrons. The van der Waals surface area contributed by atoms with E-state index in [1.54, 1.807) is 24.3 Å². The van der Waals surface area contributed by atoms with E-state index in [1.807, 2.05) is 6.07 Å². The normalized spacial score (nSPS) is 11.4. The van der Waals surface area contributed by atoms with E-state index >= 15 is 0 Å². The summed E-state index contributed by atoms with van der Waals surface area (Å²) >= 11 is 12.3. The number of amidine groups is 1. The van der Waals surface area contributed by atoms with Crippen molar-refractivity contribution in [3.8, 4) is 0 Å². The Morgan fingerprint density at radius 1 is 0.938 bits per heavy atom. The van der Waals surface area contributed by atoms with Gasteiger partial charge in [0.2, 0.25) is 5.91 Å². The average molecular weight is 478 g/mol. The number of halogens is 5. The Kier molecular flexibility index (Phi) is 7.22. The highest BCUT2D eigenvalue weighted by Crippen LogP contribution is 2.34. The van der Waals surface area contributed by atoms with Gasteiger partial charge in [-0.15, -0.1) is 0 Å². The SMILES string of the molecule is N=C(Nc1cc(Cl)c(Cl)c(NC(=O)/C=C/c2ccccc2C(F)(F)F)c1)c1ccccc1. The van der Waals surface area contributed by atoms with Crippen LogP contribution in [0.4, 0.5) is 24.5 Å². The molecule has 32 heavy (non-hydrogen) atoms. The predicted molar refractivity (Wildman–Crippen MR) is 122 cm³/mol. The number of rotatable bonds is 5. The zero-order chi connectivity index (χ0) is 23.3. The van der Waals surface area contributed by atoms with E-state index < -0.39 is 17.6 Å². The van der Waals surface area contributed by atoms with Gasteiger partial charge in [0.25, 0.3) is 0 Å². The summed E-state index contributed by atoms with van der Waals surface area (Å²) in [7, 11) is 0. The van der Waals surface area contributed by atoms with Crippen LogP contribution in [0.5, 0.6) is 0 Å². The van der Waals surface area contributed by atoms with E-state index in [9.17, 15) is 18.0 Å². The summed E-state index contributed by atoms with van der Waals surface area (Å²) in [6.07, 6.45) is -2.50. The minimum absolute atomic E-state index is 0.0564.